The van der Waals surface area contributed by atoms with Crippen LogP contribution in [0.3, 0.4) is 0 Å². The van der Waals surface area contributed by atoms with E-state index < -0.39 is 5.97 Å². The van der Waals surface area contributed by atoms with Crippen molar-refractivity contribution in [3.63, 3.8) is 0 Å². The number of amides is 1. The highest BCUT2D eigenvalue weighted by molar-refractivity contribution is 6.05. The van der Waals surface area contributed by atoms with E-state index in [-0.39, 0.29) is 24.9 Å². The molecule has 0 aliphatic rings. The number of hydrogen-bond donors (Lipinski definition) is 1. The number of benzene rings is 1. The van der Waals surface area contributed by atoms with Gasteiger partial charge >= 0.3 is 5.97 Å². The van der Waals surface area contributed by atoms with Gasteiger partial charge in [-0.2, -0.15) is 9.90 Å². The fraction of sp³-hybridized carbons (Fsp3) is 0.333. The van der Waals surface area contributed by atoms with E-state index in [4.69, 9.17) is 9.47 Å². The lowest BCUT2D eigenvalue weighted by molar-refractivity contribution is -0.144. The Morgan fingerprint density at radius 2 is 2.13 bits per heavy atom. The zero-order valence-corrected chi connectivity index (χ0v) is 13.2. The molecule has 8 nitrogen and oxygen atoms in total. The standard InChI is InChI=1S/C15H18N4O4/c1-4-23-14(20)9-19-16-8-13(18-19)17-15(21)11-7-10(2)5-6-12(11)22-3/h5-8H,4,9H2,1-3H3,(H,17,18,21). The van der Waals surface area contributed by atoms with Gasteiger partial charge in [0.05, 0.1) is 25.5 Å². The monoisotopic (exact) mass is 318 g/mol. The third-order valence-corrected chi connectivity index (χ3v) is 2.95. The Bertz CT molecular complexity index is 711. The molecule has 2 aromatic rings. The molecule has 1 heterocycles. The molecule has 0 atom stereocenters. The molecule has 0 unspecified atom stereocenters. The zero-order valence-electron chi connectivity index (χ0n) is 13.2. The van der Waals surface area contributed by atoms with Crippen molar-refractivity contribution < 1.29 is 19.1 Å². The molecule has 8 heteroatoms. The molecule has 0 aliphatic heterocycles. The van der Waals surface area contributed by atoms with Crippen LogP contribution in [0.5, 0.6) is 5.75 Å². The maximum Gasteiger partial charge on any atom is 0.329 e. The van der Waals surface area contributed by atoms with Gasteiger partial charge in [-0.3, -0.25) is 4.79 Å². The predicted molar refractivity (Wildman–Crippen MR) is 82.3 cm³/mol. The minimum atomic E-state index is -0.443. The van der Waals surface area contributed by atoms with Crippen molar-refractivity contribution >= 4 is 17.7 Å². The van der Waals surface area contributed by atoms with Gasteiger partial charge < -0.3 is 14.8 Å². The average Bonchev–Trinajstić information content (AvgIpc) is 2.94. The normalized spacial score (nSPS) is 10.2. The molecule has 0 bridgehead atoms. The van der Waals surface area contributed by atoms with Crippen molar-refractivity contribution in [1.29, 1.82) is 0 Å². The van der Waals surface area contributed by atoms with Gasteiger partial charge in [-0.05, 0) is 26.0 Å². The lowest BCUT2D eigenvalue weighted by Gasteiger charge is -2.08. The van der Waals surface area contributed by atoms with Crippen molar-refractivity contribution in [2.75, 3.05) is 19.0 Å². The molecule has 0 spiro atoms. The first kappa shape index (κ1) is 16.5. The van der Waals surface area contributed by atoms with Crippen LogP contribution in [-0.2, 0) is 16.1 Å². The second kappa shape index (κ2) is 7.39. The van der Waals surface area contributed by atoms with E-state index in [0.717, 1.165) is 10.4 Å². The molecule has 1 N–H and O–H groups in total. The van der Waals surface area contributed by atoms with Crippen molar-refractivity contribution in [3.05, 3.63) is 35.5 Å². The Kier molecular flexibility index (Phi) is 5.29. The lowest BCUT2D eigenvalue weighted by Crippen LogP contribution is -2.17. The van der Waals surface area contributed by atoms with Crippen LogP contribution in [0.4, 0.5) is 5.82 Å². The Balaban J connectivity index is 2.08. The second-order valence-corrected chi connectivity index (χ2v) is 4.72. The van der Waals surface area contributed by atoms with Crippen LogP contribution in [0.25, 0.3) is 0 Å². The Morgan fingerprint density at radius 3 is 2.83 bits per heavy atom. The van der Waals surface area contributed by atoms with E-state index in [2.05, 4.69) is 15.5 Å². The number of nitrogens with one attached hydrogen (secondary N) is 1. The summed E-state index contributed by atoms with van der Waals surface area (Å²) in [6, 6.07) is 5.30. The first-order chi connectivity index (χ1) is 11.0. The SMILES string of the molecule is CCOC(=O)Cn1ncc(NC(=O)c2cc(C)ccc2OC)n1. The Hall–Kier alpha value is -2.90. The number of carbonyl (C=O) groups excluding carboxylic acids is 2. The fourth-order valence-electron chi connectivity index (χ4n) is 1.94. The molecule has 0 saturated carbocycles. The summed E-state index contributed by atoms with van der Waals surface area (Å²) in [6.45, 7) is 3.77. The van der Waals surface area contributed by atoms with Crippen molar-refractivity contribution in [3.8, 4) is 5.75 Å². The Labute approximate surface area is 133 Å². The summed E-state index contributed by atoms with van der Waals surface area (Å²) < 4.78 is 9.99. The number of aromatic nitrogens is 3. The number of nitrogens with zero attached hydrogens (tertiary/aromatic N) is 3. The molecule has 122 valence electrons. The van der Waals surface area contributed by atoms with Crippen LogP contribution >= 0.6 is 0 Å². The van der Waals surface area contributed by atoms with Gasteiger partial charge in [0.25, 0.3) is 5.91 Å². The summed E-state index contributed by atoms with van der Waals surface area (Å²) >= 11 is 0. The van der Waals surface area contributed by atoms with Gasteiger partial charge in [0, 0.05) is 0 Å². The number of methoxy groups -OCH3 is 1. The molecule has 0 aliphatic carbocycles. The van der Waals surface area contributed by atoms with Gasteiger partial charge in [-0.15, -0.1) is 5.10 Å². The maximum atomic E-state index is 12.3. The number of ether oxygens (including phenoxy) is 2. The fourth-order valence-corrected chi connectivity index (χ4v) is 1.94. The smallest absolute Gasteiger partial charge is 0.329 e. The molecule has 23 heavy (non-hydrogen) atoms. The third-order valence-electron chi connectivity index (χ3n) is 2.95. The number of rotatable bonds is 6. The molecule has 1 amide bonds. The summed E-state index contributed by atoms with van der Waals surface area (Å²) in [5.74, 6) is -0.107. The molecule has 0 saturated heterocycles. The highest BCUT2D eigenvalue weighted by Gasteiger charge is 2.15. The number of hydrogen-bond acceptors (Lipinski definition) is 6. The molecular formula is C15H18N4O4. The van der Waals surface area contributed by atoms with Gasteiger partial charge in [0.1, 0.15) is 5.75 Å². The molecular weight excluding hydrogens is 300 g/mol. The summed E-state index contributed by atoms with van der Waals surface area (Å²) in [4.78, 5) is 24.8. The molecule has 0 fully saturated rings. The quantitative estimate of drug-likeness (QED) is 0.809. The largest absolute Gasteiger partial charge is 0.496 e. The Morgan fingerprint density at radius 1 is 1.35 bits per heavy atom. The average molecular weight is 318 g/mol. The van der Waals surface area contributed by atoms with E-state index in [1.807, 2.05) is 13.0 Å². The van der Waals surface area contributed by atoms with Crippen molar-refractivity contribution in [2.45, 2.75) is 20.4 Å². The van der Waals surface area contributed by atoms with E-state index in [1.54, 1.807) is 19.1 Å². The second-order valence-electron chi connectivity index (χ2n) is 4.72. The molecule has 1 aromatic carbocycles. The zero-order chi connectivity index (χ0) is 16.8. The van der Waals surface area contributed by atoms with Gasteiger partial charge in [0.2, 0.25) is 0 Å². The lowest BCUT2D eigenvalue weighted by atomic mass is 10.1. The first-order valence-electron chi connectivity index (χ1n) is 7.05. The van der Waals surface area contributed by atoms with Gasteiger partial charge in [0.15, 0.2) is 12.4 Å². The molecule has 0 radical (unpaired) electrons. The van der Waals surface area contributed by atoms with E-state index in [0.29, 0.717) is 11.3 Å². The molecule has 1 aromatic heterocycles. The number of anilines is 1. The maximum absolute atomic E-state index is 12.3. The van der Waals surface area contributed by atoms with Crippen LogP contribution in [0, 0.1) is 6.92 Å². The minimum Gasteiger partial charge on any atom is -0.496 e. The van der Waals surface area contributed by atoms with Crippen LogP contribution in [0.1, 0.15) is 22.8 Å². The minimum absolute atomic E-state index is 0.114. The van der Waals surface area contributed by atoms with E-state index in [1.165, 1.54) is 13.3 Å². The number of esters is 1. The number of carbonyl (C=O) groups is 2. The van der Waals surface area contributed by atoms with E-state index >= 15 is 0 Å². The first-order valence-corrected chi connectivity index (χ1v) is 7.05. The highest BCUT2D eigenvalue weighted by Crippen LogP contribution is 2.20. The summed E-state index contributed by atoms with van der Waals surface area (Å²) in [5, 5.41) is 10.5. The van der Waals surface area contributed by atoms with Crippen molar-refractivity contribution in [2.24, 2.45) is 0 Å². The highest BCUT2D eigenvalue weighted by atomic mass is 16.5. The topological polar surface area (TPSA) is 95.3 Å². The predicted octanol–water partition coefficient (Wildman–Crippen LogP) is 1.41. The van der Waals surface area contributed by atoms with Crippen LogP contribution in [0.2, 0.25) is 0 Å². The van der Waals surface area contributed by atoms with Crippen molar-refractivity contribution in [1.82, 2.24) is 15.0 Å². The van der Waals surface area contributed by atoms with Gasteiger partial charge in [-0.25, -0.2) is 4.79 Å². The third kappa shape index (κ3) is 4.29. The molecule has 2 rings (SSSR count). The van der Waals surface area contributed by atoms with Crippen LogP contribution in [0.15, 0.2) is 24.4 Å². The van der Waals surface area contributed by atoms with Gasteiger partial charge in [-0.1, -0.05) is 11.6 Å². The van der Waals surface area contributed by atoms with Crippen LogP contribution < -0.4 is 10.1 Å². The summed E-state index contributed by atoms with van der Waals surface area (Å²) in [5.41, 5.74) is 1.33. The summed E-state index contributed by atoms with van der Waals surface area (Å²) in [7, 11) is 1.50. The van der Waals surface area contributed by atoms with E-state index in [9.17, 15) is 9.59 Å². The summed E-state index contributed by atoms with van der Waals surface area (Å²) in [6.07, 6.45) is 1.36. The van der Waals surface area contributed by atoms with Crippen LogP contribution in [-0.4, -0.2) is 40.6 Å². The number of aryl methyl sites for hydroxylation is 1.